The van der Waals surface area contributed by atoms with Crippen molar-refractivity contribution in [3.8, 4) is 0 Å². The summed E-state index contributed by atoms with van der Waals surface area (Å²) in [6, 6.07) is 7.80. The minimum Gasteiger partial charge on any atom is -0.336 e. The van der Waals surface area contributed by atoms with Gasteiger partial charge in [-0.05, 0) is 45.4 Å². The summed E-state index contributed by atoms with van der Waals surface area (Å²) in [6.07, 6.45) is 0. The second-order valence-electron chi connectivity index (χ2n) is 7.12. The number of rotatable bonds is 1. The minimum absolute atomic E-state index is 0.00495. The van der Waals surface area contributed by atoms with Crippen molar-refractivity contribution in [1.82, 2.24) is 9.88 Å². The van der Waals surface area contributed by atoms with Gasteiger partial charge in [-0.1, -0.05) is 12.1 Å². The van der Waals surface area contributed by atoms with Crippen molar-refractivity contribution in [2.24, 2.45) is 0 Å². The second kappa shape index (κ2) is 5.55. The van der Waals surface area contributed by atoms with E-state index < -0.39 is 14.6 Å². The number of aryl methyl sites for hydroxylation is 2. The maximum absolute atomic E-state index is 12.9. The third-order valence-electron chi connectivity index (χ3n) is 4.72. The zero-order valence-corrected chi connectivity index (χ0v) is 15.3. The van der Waals surface area contributed by atoms with Crippen LogP contribution in [-0.4, -0.2) is 47.8 Å². The number of carbonyl (C=O) groups is 1. The van der Waals surface area contributed by atoms with E-state index in [1.807, 2.05) is 38.1 Å². The highest BCUT2D eigenvalue weighted by Gasteiger charge is 2.41. The van der Waals surface area contributed by atoms with Gasteiger partial charge in [0, 0.05) is 18.5 Å². The molecular formula is C18H22N2O3S. The third-order valence-corrected chi connectivity index (χ3v) is 7.26. The fraction of sp³-hybridized carbons (Fsp3) is 0.444. The fourth-order valence-electron chi connectivity index (χ4n) is 3.08. The molecule has 2 aromatic rings. The van der Waals surface area contributed by atoms with Crippen molar-refractivity contribution in [3.05, 3.63) is 41.1 Å². The van der Waals surface area contributed by atoms with E-state index in [0.29, 0.717) is 11.3 Å². The predicted octanol–water partition coefficient (Wildman–Crippen LogP) is 2.50. The molecule has 6 heteroatoms. The summed E-state index contributed by atoms with van der Waals surface area (Å²) in [6.45, 7) is 7.62. The number of pyridine rings is 1. The van der Waals surface area contributed by atoms with Crippen molar-refractivity contribution < 1.29 is 13.2 Å². The standard InChI is InChI=1S/C18H22N2O3S/c1-12-5-6-14-10-15(13(2)19-16(14)9-12)17(21)20-7-8-24(22,23)18(3,4)11-20/h5-6,9-10H,7-8,11H2,1-4H3. The number of carbonyl (C=O) groups excluding carboxylic acids is 1. The van der Waals surface area contributed by atoms with Gasteiger partial charge in [-0.2, -0.15) is 0 Å². The Morgan fingerprint density at radius 2 is 1.92 bits per heavy atom. The number of benzene rings is 1. The lowest BCUT2D eigenvalue weighted by molar-refractivity contribution is 0.0742. The molecule has 0 spiro atoms. The minimum atomic E-state index is -3.17. The van der Waals surface area contributed by atoms with Crippen LogP contribution < -0.4 is 0 Å². The van der Waals surface area contributed by atoms with Gasteiger partial charge in [-0.15, -0.1) is 0 Å². The molecule has 0 saturated carbocycles. The monoisotopic (exact) mass is 346 g/mol. The van der Waals surface area contributed by atoms with E-state index in [4.69, 9.17) is 0 Å². The molecule has 0 radical (unpaired) electrons. The number of sulfone groups is 1. The highest BCUT2D eigenvalue weighted by atomic mass is 32.2. The molecule has 0 N–H and O–H groups in total. The summed E-state index contributed by atoms with van der Waals surface area (Å²) in [5, 5.41) is 0.915. The van der Waals surface area contributed by atoms with Crippen LogP contribution in [0.5, 0.6) is 0 Å². The molecule has 128 valence electrons. The van der Waals surface area contributed by atoms with Crippen LogP contribution in [0.2, 0.25) is 0 Å². The molecule has 0 aliphatic carbocycles. The molecule has 0 bridgehead atoms. The molecule has 0 atom stereocenters. The number of fused-ring (bicyclic) bond motifs is 1. The largest absolute Gasteiger partial charge is 0.336 e. The maximum atomic E-state index is 12.9. The summed E-state index contributed by atoms with van der Waals surface area (Å²) in [4.78, 5) is 19.1. The van der Waals surface area contributed by atoms with Crippen LogP contribution in [-0.2, 0) is 9.84 Å². The lowest BCUT2D eigenvalue weighted by Crippen LogP contribution is -2.54. The summed E-state index contributed by atoms with van der Waals surface area (Å²) in [5.41, 5.74) is 3.20. The van der Waals surface area contributed by atoms with Gasteiger partial charge in [0.05, 0.1) is 27.3 Å². The van der Waals surface area contributed by atoms with Crippen LogP contribution in [0.4, 0.5) is 0 Å². The van der Waals surface area contributed by atoms with Crippen LogP contribution in [0.1, 0.15) is 35.5 Å². The Hall–Kier alpha value is -1.95. The van der Waals surface area contributed by atoms with E-state index in [9.17, 15) is 13.2 Å². The van der Waals surface area contributed by atoms with Crippen LogP contribution >= 0.6 is 0 Å². The molecule has 3 rings (SSSR count). The highest BCUT2D eigenvalue weighted by molar-refractivity contribution is 7.92. The predicted molar refractivity (Wildman–Crippen MR) is 95.0 cm³/mol. The van der Waals surface area contributed by atoms with Crippen LogP contribution in [0, 0.1) is 13.8 Å². The van der Waals surface area contributed by atoms with Gasteiger partial charge < -0.3 is 4.90 Å². The number of hydrogen-bond donors (Lipinski definition) is 0. The average molecular weight is 346 g/mol. The summed E-state index contributed by atoms with van der Waals surface area (Å²) in [5.74, 6) is -0.143. The average Bonchev–Trinajstić information content (AvgIpc) is 2.48. The van der Waals surface area contributed by atoms with E-state index in [1.54, 1.807) is 18.7 Å². The zero-order valence-electron chi connectivity index (χ0n) is 14.5. The smallest absolute Gasteiger partial charge is 0.255 e. The molecule has 1 saturated heterocycles. The van der Waals surface area contributed by atoms with Crippen molar-refractivity contribution in [3.63, 3.8) is 0 Å². The van der Waals surface area contributed by atoms with Gasteiger partial charge in [0.15, 0.2) is 9.84 Å². The molecule has 24 heavy (non-hydrogen) atoms. The summed E-state index contributed by atoms with van der Waals surface area (Å²) in [7, 11) is -3.17. The number of nitrogens with zero attached hydrogens (tertiary/aromatic N) is 2. The van der Waals surface area contributed by atoms with Crippen LogP contribution in [0.3, 0.4) is 0 Å². The summed E-state index contributed by atoms with van der Waals surface area (Å²) >= 11 is 0. The Kier molecular flexibility index (Phi) is 3.91. The molecule has 0 unspecified atom stereocenters. The van der Waals surface area contributed by atoms with Gasteiger partial charge in [0.25, 0.3) is 5.91 Å². The Morgan fingerprint density at radius 3 is 2.58 bits per heavy atom. The van der Waals surface area contributed by atoms with Crippen LogP contribution in [0.15, 0.2) is 24.3 Å². The summed E-state index contributed by atoms with van der Waals surface area (Å²) < 4.78 is 23.3. The molecule has 1 aromatic heterocycles. The number of hydrogen-bond acceptors (Lipinski definition) is 4. The van der Waals surface area contributed by atoms with Gasteiger partial charge in [-0.3, -0.25) is 9.78 Å². The Labute approximate surface area is 142 Å². The van der Waals surface area contributed by atoms with Gasteiger partial charge in [-0.25, -0.2) is 8.42 Å². The van der Waals surface area contributed by atoms with Crippen molar-refractivity contribution >= 4 is 26.6 Å². The molecule has 1 aliphatic rings. The van der Waals surface area contributed by atoms with Gasteiger partial charge >= 0.3 is 0 Å². The Balaban J connectivity index is 1.97. The first-order valence-corrected chi connectivity index (χ1v) is 9.65. The SMILES string of the molecule is Cc1ccc2cc(C(=O)N3CCS(=O)(=O)C(C)(C)C3)c(C)nc2c1. The third kappa shape index (κ3) is 2.79. The molecular weight excluding hydrogens is 324 g/mol. The first-order chi connectivity index (χ1) is 11.1. The van der Waals surface area contributed by atoms with E-state index in [0.717, 1.165) is 16.5 Å². The molecule has 1 fully saturated rings. The lowest BCUT2D eigenvalue weighted by Gasteiger charge is -2.37. The quantitative estimate of drug-likeness (QED) is 0.796. The molecule has 1 amide bonds. The molecule has 2 heterocycles. The van der Waals surface area contributed by atoms with Crippen LogP contribution in [0.25, 0.3) is 10.9 Å². The highest BCUT2D eigenvalue weighted by Crippen LogP contribution is 2.26. The molecule has 1 aliphatic heterocycles. The fourth-order valence-corrected chi connectivity index (χ4v) is 4.44. The Bertz CT molecular complexity index is 933. The van der Waals surface area contributed by atoms with E-state index in [2.05, 4.69) is 4.98 Å². The second-order valence-corrected chi connectivity index (χ2v) is 9.87. The topological polar surface area (TPSA) is 67.3 Å². The van der Waals surface area contributed by atoms with E-state index in [1.165, 1.54) is 0 Å². The maximum Gasteiger partial charge on any atom is 0.255 e. The van der Waals surface area contributed by atoms with E-state index >= 15 is 0 Å². The van der Waals surface area contributed by atoms with Gasteiger partial charge in [0.1, 0.15) is 0 Å². The molecule has 5 nitrogen and oxygen atoms in total. The van der Waals surface area contributed by atoms with Gasteiger partial charge in [0.2, 0.25) is 0 Å². The number of aromatic nitrogens is 1. The molecule has 1 aromatic carbocycles. The van der Waals surface area contributed by atoms with E-state index in [-0.39, 0.29) is 24.7 Å². The zero-order chi connectivity index (χ0) is 17.7. The van der Waals surface area contributed by atoms with Crippen molar-refractivity contribution in [2.75, 3.05) is 18.8 Å². The normalized spacial score (nSPS) is 19.4. The first-order valence-electron chi connectivity index (χ1n) is 8.00. The first kappa shape index (κ1) is 16.9. The van der Waals surface area contributed by atoms with Crippen molar-refractivity contribution in [2.45, 2.75) is 32.4 Å². The number of amides is 1. The lowest BCUT2D eigenvalue weighted by atomic mass is 10.1. The Morgan fingerprint density at radius 1 is 1.21 bits per heavy atom. The van der Waals surface area contributed by atoms with Crippen molar-refractivity contribution in [1.29, 1.82) is 0 Å².